The van der Waals surface area contributed by atoms with Crippen LogP contribution in [0.4, 0.5) is 0 Å². The van der Waals surface area contributed by atoms with Crippen LogP contribution in [0.15, 0.2) is 47.3 Å². The van der Waals surface area contributed by atoms with Crippen molar-refractivity contribution in [3.63, 3.8) is 0 Å². The number of para-hydroxylation sites is 1. The average Bonchev–Trinajstić information content (AvgIpc) is 3.37. The van der Waals surface area contributed by atoms with Crippen molar-refractivity contribution in [2.24, 2.45) is 0 Å². The van der Waals surface area contributed by atoms with Crippen molar-refractivity contribution < 1.29 is 13.9 Å². The highest BCUT2D eigenvalue weighted by Crippen LogP contribution is 2.20. The lowest BCUT2D eigenvalue weighted by Gasteiger charge is -2.21. The third-order valence-corrected chi connectivity index (χ3v) is 5.20. The van der Waals surface area contributed by atoms with E-state index in [1.54, 1.807) is 13.2 Å². The molecular weight excluding hydrogens is 370 g/mol. The van der Waals surface area contributed by atoms with Gasteiger partial charge in [-0.2, -0.15) is 0 Å². The maximum absolute atomic E-state index is 12.0. The van der Waals surface area contributed by atoms with Crippen LogP contribution >= 0.6 is 0 Å². The summed E-state index contributed by atoms with van der Waals surface area (Å²) in [6.07, 6.45) is 4.42. The molecule has 0 aliphatic carbocycles. The van der Waals surface area contributed by atoms with Crippen LogP contribution in [0.5, 0.6) is 5.75 Å². The van der Waals surface area contributed by atoms with Crippen molar-refractivity contribution in [2.45, 2.75) is 25.9 Å². The van der Waals surface area contributed by atoms with Crippen LogP contribution in [0.25, 0.3) is 0 Å². The Hall–Kier alpha value is -3.13. The number of nitrogens with one attached hydrogen (secondary N) is 1. The fourth-order valence-electron chi connectivity index (χ4n) is 3.63. The van der Waals surface area contributed by atoms with Crippen molar-refractivity contribution in [1.29, 1.82) is 0 Å². The van der Waals surface area contributed by atoms with Gasteiger partial charge in [-0.25, -0.2) is 0 Å². The molecular formula is C21H25N5O3. The molecule has 8 nitrogen and oxygen atoms in total. The zero-order chi connectivity index (χ0) is 20.1. The Morgan fingerprint density at radius 2 is 2.10 bits per heavy atom. The molecule has 1 aliphatic rings. The minimum Gasteiger partial charge on any atom is -0.496 e. The van der Waals surface area contributed by atoms with Crippen molar-refractivity contribution in [2.75, 3.05) is 26.7 Å². The van der Waals surface area contributed by atoms with Crippen LogP contribution in [0.2, 0.25) is 0 Å². The van der Waals surface area contributed by atoms with Gasteiger partial charge < -0.3 is 19.0 Å². The quantitative estimate of drug-likeness (QED) is 0.658. The van der Waals surface area contributed by atoms with E-state index in [2.05, 4.69) is 31.0 Å². The number of methoxy groups -OCH3 is 1. The summed E-state index contributed by atoms with van der Waals surface area (Å²) < 4.78 is 12.6. The van der Waals surface area contributed by atoms with Crippen LogP contribution in [0.1, 0.15) is 27.6 Å². The largest absolute Gasteiger partial charge is 0.496 e. The molecule has 152 valence electrons. The van der Waals surface area contributed by atoms with E-state index >= 15 is 0 Å². The van der Waals surface area contributed by atoms with Gasteiger partial charge in [-0.05, 0) is 12.1 Å². The molecule has 2 aromatic heterocycles. The van der Waals surface area contributed by atoms with E-state index in [0.717, 1.165) is 50.0 Å². The number of hydrogen-bond acceptors (Lipinski definition) is 6. The highest BCUT2D eigenvalue weighted by atomic mass is 16.5. The molecule has 1 aromatic carbocycles. The van der Waals surface area contributed by atoms with Crippen LogP contribution in [-0.4, -0.2) is 52.3 Å². The van der Waals surface area contributed by atoms with E-state index in [0.29, 0.717) is 18.5 Å². The van der Waals surface area contributed by atoms with E-state index in [9.17, 15) is 4.79 Å². The Morgan fingerprint density at radius 3 is 2.93 bits per heavy atom. The van der Waals surface area contributed by atoms with Crippen LogP contribution < -0.4 is 10.1 Å². The number of benzene rings is 1. The first kappa shape index (κ1) is 19.2. The van der Waals surface area contributed by atoms with E-state index in [1.807, 2.05) is 18.2 Å². The normalized spacial score (nSPS) is 14.2. The predicted molar refractivity (Wildman–Crippen MR) is 107 cm³/mol. The number of fused-ring (bicyclic) bond motifs is 1. The molecule has 0 unspecified atom stereocenters. The average molecular weight is 395 g/mol. The molecule has 3 heterocycles. The number of carbonyl (C=O) groups excluding carboxylic acids is 1. The van der Waals surface area contributed by atoms with E-state index in [1.165, 1.54) is 18.1 Å². The second-order valence-electron chi connectivity index (χ2n) is 7.04. The van der Waals surface area contributed by atoms with Crippen LogP contribution in [0, 0.1) is 0 Å². The molecule has 3 aromatic rings. The van der Waals surface area contributed by atoms with Crippen LogP contribution in [-0.2, 0) is 25.9 Å². The molecule has 1 aliphatic heterocycles. The van der Waals surface area contributed by atoms with Crippen molar-refractivity contribution in [1.82, 2.24) is 25.0 Å². The minimum absolute atomic E-state index is 0.141. The highest BCUT2D eigenvalue weighted by Gasteiger charge is 2.19. The number of nitrogens with zero attached hydrogens (tertiary/aromatic N) is 4. The highest BCUT2D eigenvalue weighted by molar-refractivity contribution is 5.93. The number of aromatic nitrogens is 3. The monoisotopic (exact) mass is 395 g/mol. The Labute approximate surface area is 169 Å². The van der Waals surface area contributed by atoms with Crippen molar-refractivity contribution in [3.05, 3.63) is 65.6 Å². The fourth-order valence-corrected chi connectivity index (χ4v) is 3.63. The smallest absolute Gasteiger partial charge is 0.254 e. The molecule has 1 amide bonds. The van der Waals surface area contributed by atoms with E-state index in [4.69, 9.17) is 9.15 Å². The summed E-state index contributed by atoms with van der Waals surface area (Å²) in [5, 5.41) is 11.6. The molecule has 0 bridgehead atoms. The van der Waals surface area contributed by atoms with Crippen LogP contribution in [0.3, 0.4) is 0 Å². The van der Waals surface area contributed by atoms with Gasteiger partial charge in [-0.1, -0.05) is 18.2 Å². The summed E-state index contributed by atoms with van der Waals surface area (Å²) in [5.41, 5.74) is 1.71. The summed E-state index contributed by atoms with van der Waals surface area (Å²) in [7, 11) is 1.71. The molecule has 0 radical (unpaired) electrons. The summed E-state index contributed by atoms with van der Waals surface area (Å²) in [5.74, 6) is 2.69. The Kier molecular flexibility index (Phi) is 5.90. The molecule has 1 N–H and O–H groups in total. The second kappa shape index (κ2) is 8.91. The van der Waals surface area contributed by atoms with Gasteiger partial charge in [-0.15, -0.1) is 10.2 Å². The zero-order valence-corrected chi connectivity index (χ0v) is 16.5. The predicted octanol–water partition coefficient (Wildman–Crippen LogP) is 1.91. The van der Waals surface area contributed by atoms with E-state index < -0.39 is 0 Å². The standard InChI is InChI=1S/C21H25N5O3/c1-28-18-5-3-2-4-16(18)14-25-10-7-20-24-23-19(26(20)12-11-25)6-9-22-21(27)17-8-13-29-15-17/h2-5,8,13,15H,6-7,9-12,14H2,1H3,(H,22,27). The molecule has 29 heavy (non-hydrogen) atoms. The van der Waals surface area contributed by atoms with Gasteiger partial charge >= 0.3 is 0 Å². The fraction of sp³-hybridized carbons (Fsp3) is 0.381. The van der Waals surface area contributed by atoms with Gasteiger partial charge in [0.25, 0.3) is 5.91 Å². The first-order valence-corrected chi connectivity index (χ1v) is 9.80. The first-order chi connectivity index (χ1) is 14.2. The number of rotatable bonds is 7. The minimum atomic E-state index is -0.141. The molecule has 0 atom stereocenters. The number of amides is 1. The Bertz CT molecular complexity index is 951. The van der Waals surface area contributed by atoms with Gasteiger partial charge in [0.2, 0.25) is 0 Å². The van der Waals surface area contributed by atoms with Crippen molar-refractivity contribution >= 4 is 5.91 Å². The summed E-state index contributed by atoms with van der Waals surface area (Å²) >= 11 is 0. The van der Waals surface area contributed by atoms with Crippen molar-refractivity contribution in [3.8, 4) is 5.75 Å². The number of furan rings is 1. The first-order valence-electron chi connectivity index (χ1n) is 9.80. The lowest BCUT2D eigenvalue weighted by Crippen LogP contribution is -2.28. The molecule has 4 rings (SSSR count). The lowest BCUT2D eigenvalue weighted by atomic mass is 10.2. The lowest BCUT2D eigenvalue weighted by molar-refractivity contribution is 0.0953. The molecule has 8 heteroatoms. The molecule has 0 saturated heterocycles. The SMILES string of the molecule is COc1ccccc1CN1CCc2nnc(CCNC(=O)c3ccoc3)n2CC1. The summed E-state index contributed by atoms with van der Waals surface area (Å²) in [6, 6.07) is 9.79. The molecule has 0 saturated carbocycles. The number of ether oxygens (including phenoxy) is 1. The third-order valence-electron chi connectivity index (χ3n) is 5.20. The van der Waals surface area contributed by atoms with Gasteiger partial charge in [0.1, 0.15) is 23.7 Å². The maximum atomic E-state index is 12.0. The maximum Gasteiger partial charge on any atom is 0.254 e. The van der Waals surface area contributed by atoms with Gasteiger partial charge in [0.15, 0.2) is 0 Å². The Balaban J connectivity index is 1.33. The number of hydrogen-bond donors (Lipinski definition) is 1. The van der Waals surface area contributed by atoms with Gasteiger partial charge in [0, 0.05) is 51.1 Å². The van der Waals surface area contributed by atoms with Gasteiger partial charge in [0.05, 0.1) is 18.9 Å². The second-order valence-corrected chi connectivity index (χ2v) is 7.04. The number of carbonyl (C=O) groups is 1. The topological polar surface area (TPSA) is 85.4 Å². The van der Waals surface area contributed by atoms with Gasteiger partial charge in [-0.3, -0.25) is 9.69 Å². The zero-order valence-electron chi connectivity index (χ0n) is 16.5. The molecule has 0 fully saturated rings. The van der Waals surface area contributed by atoms with E-state index in [-0.39, 0.29) is 5.91 Å². The molecule has 0 spiro atoms. The third kappa shape index (κ3) is 4.48. The Morgan fingerprint density at radius 1 is 1.21 bits per heavy atom. The summed E-state index contributed by atoms with van der Waals surface area (Å²) in [6.45, 7) is 4.03. The summed E-state index contributed by atoms with van der Waals surface area (Å²) in [4.78, 5) is 14.4.